The number of carbonyl (C=O) groups is 1. The molecule has 1 aromatic heterocycles. The first-order valence-electron chi connectivity index (χ1n) is 8.16. The summed E-state index contributed by atoms with van der Waals surface area (Å²) in [4.78, 5) is 16.7. The van der Waals surface area contributed by atoms with Crippen LogP contribution < -0.4 is 10.1 Å². The van der Waals surface area contributed by atoms with E-state index >= 15 is 0 Å². The molecule has 3 rings (SSSR count). The molecule has 1 N–H and O–H groups in total. The van der Waals surface area contributed by atoms with E-state index in [1.807, 2.05) is 32.0 Å². The van der Waals surface area contributed by atoms with Gasteiger partial charge >= 0.3 is 0 Å². The largest absolute Gasteiger partial charge is 0.494 e. The van der Waals surface area contributed by atoms with E-state index in [2.05, 4.69) is 15.5 Å². The van der Waals surface area contributed by atoms with Crippen LogP contribution in [0.25, 0.3) is 11.5 Å². The summed E-state index contributed by atoms with van der Waals surface area (Å²) in [7, 11) is 0. The van der Waals surface area contributed by atoms with Gasteiger partial charge in [0.2, 0.25) is 0 Å². The van der Waals surface area contributed by atoms with Crippen LogP contribution in [0.15, 0.2) is 53.1 Å². The Balaban J connectivity index is 1.74. The number of carbonyl (C=O) groups excluding carboxylic acids is 1. The predicted molar refractivity (Wildman–Crippen MR) is 94.7 cm³/mol. The smallest absolute Gasteiger partial charge is 0.257 e. The first kappa shape index (κ1) is 16.7. The van der Waals surface area contributed by atoms with Gasteiger partial charge in [-0.3, -0.25) is 4.79 Å². The molecule has 0 atom stereocenters. The van der Waals surface area contributed by atoms with Crippen molar-refractivity contribution in [3.63, 3.8) is 0 Å². The molecule has 6 heteroatoms. The molecule has 0 saturated heterocycles. The first-order valence-corrected chi connectivity index (χ1v) is 8.16. The van der Waals surface area contributed by atoms with E-state index in [0.29, 0.717) is 36.0 Å². The third-order valence-corrected chi connectivity index (χ3v) is 3.58. The van der Waals surface area contributed by atoms with Gasteiger partial charge in [0.1, 0.15) is 5.75 Å². The minimum Gasteiger partial charge on any atom is -0.494 e. The zero-order valence-electron chi connectivity index (χ0n) is 14.2. The first-order chi connectivity index (χ1) is 12.2. The molecule has 0 aliphatic heterocycles. The number of ether oxygens (including phenoxy) is 1. The van der Waals surface area contributed by atoms with E-state index in [-0.39, 0.29) is 5.91 Å². The third-order valence-electron chi connectivity index (χ3n) is 3.58. The van der Waals surface area contributed by atoms with Crippen LogP contribution in [-0.4, -0.2) is 22.7 Å². The van der Waals surface area contributed by atoms with Gasteiger partial charge in [-0.2, -0.15) is 4.98 Å². The van der Waals surface area contributed by atoms with Gasteiger partial charge in [-0.1, -0.05) is 18.1 Å². The predicted octanol–water partition coefficient (Wildman–Crippen LogP) is 3.95. The number of anilines is 1. The maximum atomic E-state index is 12.4. The van der Waals surface area contributed by atoms with Crippen molar-refractivity contribution >= 4 is 11.6 Å². The highest BCUT2D eigenvalue weighted by atomic mass is 16.5. The monoisotopic (exact) mass is 337 g/mol. The molecular weight excluding hydrogens is 318 g/mol. The number of rotatable bonds is 6. The van der Waals surface area contributed by atoms with Crippen LogP contribution in [-0.2, 0) is 6.42 Å². The minimum atomic E-state index is -0.194. The summed E-state index contributed by atoms with van der Waals surface area (Å²) in [5.41, 5.74) is 1.98. The second-order valence-corrected chi connectivity index (χ2v) is 5.36. The summed E-state index contributed by atoms with van der Waals surface area (Å²) in [5, 5.41) is 6.76. The molecule has 128 valence electrons. The van der Waals surface area contributed by atoms with E-state index in [1.165, 1.54) is 0 Å². The van der Waals surface area contributed by atoms with Crippen molar-refractivity contribution in [2.45, 2.75) is 20.3 Å². The van der Waals surface area contributed by atoms with Gasteiger partial charge in [-0.15, -0.1) is 0 Å². The summed E-state index contributed by atoms with van der Waals surface area (Å²) in [6.07, 6.45) is 0.706. The Morgan fingerprint density at radius 2 is 1.96 bits per heavy atom. The number of nitrogens with one attached hydrogen (secondary N) is 1. The molecular formula is C19H19N3O3. The van der Waals surface area contributed by atoms with Crippen molar-refractivity contribution in [1.82, 2.24) is 10.1 Å². The number of benzene rings is 2. The quantitative estimate of drug-likeness (QED) is 0.737. The topological polar surface area (TPSA) is 77.2 Å². The Kier molecular flexibility index (Phi) is 5.09. The molecule has 0 fully saturated rings. The fourth-order valence-corrected chi connectivity index (χ4v) is 2.32. The molecule has 0 aliphatic rings. The summed E-state index contributed by atoms with van der Waals surface area (Å²) < 4.78 is 10.6. The molecule has 0 spiro atoms. The molecule has 0 unspecified atom stereocenters. The van der Waals surface area contributed by atoms with E-state index in [9.17, 15) is 4.79 Å². The van der Waals surface area contributed by atoms with Crippen LogP contribution in [0.3, 0.4) is 0 Å². The van der Waals surface area contributed by atoms with Gasteiger partial charge < -0.3 is 14.6 Å². The lowest BCUT2D eigenvalue weighted by Crippen LogP contribution is -2.11. The van der Waals surface area contributed by atoms with Crippen molar-refractivity contribution in [3.8, 4) is 17.2 Å². The van der Waals surface area contributed by atoms with Crippen LogP contribution in [0.2, 0.25) is 0 Å². The molecule has 25 heavy (non-hydrogen) atoms. The maximum Gasteiger partial charge on any atom is 0.257 e. The van der Waals surface area contributed by atoms with Crippen LogP contribution in [0.5, 0.6) is 5.75 Å². The average Bonchev–Trinajstić information content (AvgIpc) is 3.12. The standard InChI is InChI=1S/C19H19N3O3/c1-3-17-21-19(25-22-17)14-6-5-7-15(12-14)20-18(23)13-8-10-16(11-9-13)24-4-2/h5-12H,3-4H2,1-2H3,(H,20,23). The van der Waals surface area contributed by atoms with Crippen molar-refractivity contribution in [2.75, 3.05) is 11.9 Å². The van der Waals surface area contributed by atoms with E-state index in [0.717, 1.165) is 11.3 Å². The Morgan fingerprint density at radius 1 is 1.16 bits per heavy atom. The summed E-state index contributed by atoms with van der Waals surface area (Å²) >= 11 is 0. The molecule has 0 aliphatic carbocycles. The molecule has 0 saturated carbocycles. The molecule has 1 heterocycles. The minimum absolute atomic E-state index is 0.194. The zero-order chi connectivity index (χ0) is 17.6. The lowest BCUT2D eigenvalue weighted by Gasteiger charge is -2.07. The van der Waals surface area contributed by atoms with Crippen LogP contribution in [0, 0.1) is 0 Å². The number of hydrogen-bond acceptors (Lipinski definition) is 5. The van der Waals surface area contributed by atoms with E-state index in [4.69, 9.17) is 9.26 Å². The molecule has 3 aromatic rings. The van der Waals surface area contributed by atoms with Crippen LogP contribution >= 0.6 is 0 Å². The SMILES string of the molecule is CCOc1ccc(C(=O)Nc2cccc(-c3nc(CC)no3)c2)cc1. The normalized spacial score (nSPS) is 10.5. The number of nitrogens with zero attached hydrogens (tertiary/aromatic N) is 2. The lowest BCUT2D eigenvalue weighted by atomic mass is 10.1. The van der Waals surface area contributed by atoms with E-state index < -0.39 is 0 Å². The molecule has 1 amide bonds. The molecule has 6 nitrogen and oxygen atoms in total. The number of amides is 1. The number of hydrogen-bond donors (Lipinski definition) is 1. The van der Waals surface area contributed by atoms with Crippen LogP contribution in [0.1, 0.15) is 30.0 Å². The van der Waals surface area contributed by atoms with E-state index in [1.54, 1.807) is 30.3 Å². The Hall–Kier alpha value is -3.15. The van der Waals surface area contributed by atoms with Gasteiger partial charge in [0.15, 0.2) is 5.82 Å². The Bertz CT molecular complexity index is 856. The second kappa shape index (κ2) is 7.61. The van der Waals surface area contributed by atoms with Gasteiger partial charge in [-0.25, -0.2) is 0 Å². The Morgan fingerprint density at radius 3 is 2.64 bits per heavy atom. The number of aryl methyl sites for hydroxylation is 1. The summed E-state index contributed by atoms with van der Waals surface area (Å²) in [5.74, 6) is 1.64. The average molecular weight is 337 g/mol. The fraction of sp³-hybridized carbons (Fsp3) is 0.211. The Labute approximate surface area is 145 Å². The molecule has 0 bridgehead atoms. The maximum absolute atomic E-state index is 12.4. The fourth-order valence-electron chi connectivity index (χ4n) is 2.32. The number of aromatic nitrogens is 2. The van der Waals surface area contributed by atoms with Crippen LogP contribution in [0.4, 0.5) is 5.69 Å². The van der Waals surface area contributed by atoms with Crippen molar-refractivity contribution in [1.29, 1.82) is 0 Å². The molecule has 0 radical (unpaired) electrons. The summed E-state index contributed by atoms with van der Waals surface area (Å²) in [6.45, 7) is 4.47. The second-order valence-electron chi connectivity index (χ2n) is 5.36. The summed E-state index contributed by atoms with van der Waals surface area (Å²) in [6, 6.07) is 14.3. The van der Waals surface area contributed by atoms with Gasteiger partial charge in [0.05, 0.1) is 6.61 Å². The highest BCUT2D eigenvalue weighted by Gasteiger charge is 2.10. The third kappa shape index (κ3) is 4.03. The highest BCUT2D eigenvalue weighted by Crippen LogP contribution is 2.22. The van der Waals surface area contributed by atoms with Gasteiger partial charge in [0.25, 0.3) is 11.8 Å². The van der Waals surface area contributed by atoms with Gasteiger partial charge in [0, 0.05) is 23.2 Å². The highest BCUT2D eigenvalue weighted by molar-refractivity contribution is 6.04. The van der Waals surface area contributed by atoms with Gasteiger partial charge in [-0.05, 0) is 49.4 Å². The van der Waals surface area contributed by atoms with Crippen molar-refractivity contribution in [3.05, 3.63) is 59.9 Å². The zero-order valence-corrected chi connectivity index (χ0v) is 14.2. The lowest BCUT2D eigenvalue weighted by molar-refractivity contribution is 0.102. The molecule has 2 aromatic carbocycles. The van der Waals surface area contributed by atoms with Crippen molar-refractivity contribution in [2.24, 2.45) is 0 Å². The van der Waals surface area contributed by atoms with Crippen molar-refractivity contribution < 1.29 is 14.1 Å².